The fraction of sp³-hybridized carbons (Fsp3) is 0.538. The van der Waals surface area contributed by atoms with Gasteiger partial charge in [-0.3, -0.25) is 4.79 Å². The Kier molecular flexibility index (Phi) is 3.71. The van der Waals surface area contributed by atoms with Gasteiger partial charge < -0.3 is 10.4 Å². The molecule has 1 aliphatic rings. The normalized spacial score (nSPS) is 18.3. The lowest BCUT2D eigenvalue weighted by Crippen LogP contribution is -2.55. The molecule has 4 nitrogen and oxygen atoms in total. The number of hydrogen-bond donors (Lipinski definition) is 2. The predicted octanol–water partition coefficient (Wildman–Crippen LogP) is 2.57. The third kappa shape index (κ3) is 2.56. The van der Waals surface area contributed by atoms with Gasteiger partial charge in [-0.2, -0.15) is 0 Å². The first-order valence-corrected chi connectivity index (χ1v) is 6.97. The summed E-state index contributed by atoms with van der Waals surface area (Å²) in [6.07, 6.45) is 3.81. The minimum Gasteiger partial charge on any atom is -0.480 e. The van der Waals surface area contributed by atoms with E-state index >= 15 is 0 Å². The molecule has 1 saturated carbocycles. The Hall–Kier alpha value is -1.36. The molecule has 2 rings (SSSR count). The lowest BCUT2D eigenvalue weighted by Gasteiger charge is -2.33. The second-order valence-corrected chi connectivity index (χ2v) is 6.10. The molecule has 0 aromatic carbocycles. The van der Waals surface area contributed by atoms with Crippen LogP contribution in [0, 0.1) is 6.92 Å². The average Bonchev–Trinajstić information content (AvgIpc) is 2.77. The van der Waals surface area contributed by atoms with E-state index < -0.39 is 11.5 Å². The Morgan fingerprint density at radius 3 is 2.44 bits per heavy atom. The quantitative estimate of drug-likeness (QED) is 0.884. The molecular weight excluding hydrogens is 250 g/mol. The zero-order valence-corrected chi connectivity index (χ0v) is 11.2. The van der Waals surface area contributed by atoms with Gasteiger partial charge in [-0.1, -0.05) is 19.3 Å². The Labute approximate surface area is 110 Å². The molecule has 0 unspecified atom stereocenters. The molecule has 98 valence electrons. The number of carboxylic acids is 1. The van der Waals surface area contributed by atoms with Crippen LogP contribution in [-0.4, -0.2) is 22.5 Å². The van der Waals surface area contributed by atoms with E-state index in [0.29, 0.717) is 17.7 Å². The number of thiophene rings is 1. The third-order valence-electron chi connectivity index (χ3n) is 3.43. The Morgan fingerprint density at radius 2 is 1.94 bits per heavy atom. The monoisotopic (exact) mass is 267 g/mol. The minimum absolute atomic E-state index is 0.266. The van der Waals surface area contributed by atoms with Gasteiger partial charge in [0.2, 0.25) is 0 Å². The van der Waals surface area contributed by atoms with Crippen molar-refractivity contribution in [2.45, 2.75) is 44.6 Å². The number of nitrogens with one attached hydrogen (secondary N) is 1. The number of aryl methyl sites for hydroxylation is 1. The standard InChI is InChI=1S/C13H17NO3S/c1-9-5-6-10(18-9)11(15)14-13(12(16)17)7-3-2-4-8-13/h5-6H,2-4,7-8H2,1H3,(H,14,15)(H,16,17). The van der Waals surface area contributed by atoms with Gasteiger partial charge >= 0.3 is 5.97 Å². The van der Waals surface area contributed by atoms with Crippen LogP contribution in [-0.2, 0) is 4.79 Å². The van der Waals surface area contributed by atoms with Gasteiger partial charge in [0.1, 0.15) is 5.54 Å². The molecular formula is C13H17NO3S. The maximum atomic E-state index is 12.1. The van der Waals surface area contributed by atoms with Gasteiger partial charge in [-0.05, 0) is 31.9 Å². The SMILES string of the molecule is Cc1ccc(C(=O)NC2(C(=O)O)CCCCC2)s1. The zero-order chi connectivity index (χ0) is 13.2. The van der Waals surface area contributed by atoms with Crippen LogP contribution in [0.3, 0.4) is 0 Å². The zero-order valence-electron chi connectivity index (χ0n) is 10.4. The summed E-state index contributed by atoms with van der Waals surface area (Å²) in [4.78, 5) is 25.1. The fourth-order valence-corrected chi connectivity index (χ4v) is 3.15. The van der Waals surface area contributed by atoms with Crippen molar-refractivity contribution in [1.82, 2.24) is 5.32 Å². The highest BCUT2D eigenvalue weighted by molar-refractivity contribution is 7.13. The summed E-state index contributed by atoms with van der Waals surface area (Å²) >= 11 is 1.39. The summed E-state index contributed by atoms with van der Waals surface area (Å²) in [5, 5.41) is 12.1. The first-order valence-electron chi connectivity index (χ1n) is 6.16. The van der Waals surface area contributed by atoms with Crippen molar-refractivity contribution in [3.8, 4) is 0 Å². The molecule has 0 bridgehead atoms. The van der Waals surface area contributed by atoms with Gasteiger partial charge in [0.15, 0.2) is 0 Å². The van der Waals surface area contributed by atoms with Gasteiger partial charge in [0.05, 0.1) is 4.88 Å². The van der Waals surface area contributed by atoms with Crippen LogP contribution < -0.4 is 5.32 Å². The largest absolute Gasteiger partial charge is 0.480 e. The van der Waals surface area contributed by atoms with Gasteiger partial charge in [-0.15, -0.1) is 11.3 Å². The first kappa shape index (κ1) is 13.1. The molecule has 18 heavy (non-hydrogen) atoms. The average molecular weight is 267 g/mol. The van der Waals surface area contributed by atoms with E-state index in [9.17, 15) is 14.7 Å². The van der Waals surface area contributed by atoms with Crippen molar-refractivity contribution in [2.75, 3.05) is 0 Å². The molecule has 1 aliphatic carbocycles. The van der Waals surface area contributed by atoms with Crippen molar-refractivity contribution in [3.63, 3.8) is 0 Å². The molecule has 0 saturated heterocycles. The maximum Gasteiger partial charge on any atom is 0.329 e. The lowest BCUT2D eigenvalue weighted by atomic mass is 9.81. The molecule has 1 amide bonds. The molecule has 0 aliphatic heterocycles. The highest BCUT2D eigenvalue weighted by Crippen LogP contribution is 2.29. The molecule has 5 heteroatoms. The van der Waals surface area contributed by atoms with Crippen LogP contribution in [0.25, 0.3) is 0 Å². The van der Waals surface area contributed by atoms with Crippen LogP contribution in [0.5, 0.6) is 0 Å². The van der Waals surface area contributed by atoms with E-state index in [0.717, 1.165) is 24.1 Å². The van der Waals surface area contributed by atoms with E-state index in [2.05, 4.69) is 5.32 Å². The maximum absolute atomic E-state index is 12.1. The number of amides is 1. The highest BCUT2D eigenvalue weighted by Gasteiger charge is 2.41. The minimum atomic E-state index is -1.06. The van der Waals surface area contributed by atoms with Crippen molar-refractivity contribution in [3.05, 3.63) is 21.9 Å². The van der Waals surface area contributed by atoms with E-state index in [1.54, 1.807) is 6.07 Å². The highest BCUT2D eigenvalue weighted by atomic mass is 32.1. The number of rotatable bonds is 3. The Balaban J connectivity index is 2.14. The molecule has 0 radical (unpaired) electrons. The molecule has 1 fully saturated rings. The van der Waals surface area contributed by atoms with Gasteiger partial charge in [0.25, 0.3) is 5.91 Å². The van der Waals surface area contributed by atoms with Crippen molar-refractivity contribution in [1.29, 1.82) is 0 Å². The van der Waals surface area contributed by atoms with E-state index in [4.69, 9.17) is 0 Å². The summed E-state index contributed by atoms with van der Waals surface area (Å²) in [5.41, 5.74) is -1.06. The van der Waals surface area contributed by atoms with Crippen molar-refractivity contribution >= 4 is 23.2 Å². The van der Waals surface area contributed by atoms with Crippen LogP contribution in [0.1, 0.15) is 46.7 Å². The fourth-order valence-electron chi connectivity index (χ4n) is 2.38. The van der Waals surface area contributed by atoms with Crippen molar-refractivity contribution < 1.29 is 14.7 Å². The molecule has 1 aromatic heterocycles. The molecule has 2 N–H and O–H groups in total. The van der Waals surface area contributed by atoms with E-state index in [1.807, 2.05) is 13.0 Å². The topological polar surface area (TPSA) is 66.4 Å². The summed E-state index contributed by atoms with van der Waals surface area (Å²) < 4.78 is 0. The molecule has 1 heterocycles. The lowest BCUT2D eigenvalue weighted by molar-refractivity contribution is -0.145. The number of carbonyl (C=O) groups excluding carboxylic acids is 1. The Bertz CT molecular complexity index is 461. The molecule has 0 spiro atoms. The number of aliphatic carboxylic acids is 1. The number of hydrogen-bond acceptors (Lipinski definition) is 3. The predicted molar refractivity (Wildman–Crippen MR) is 70.0 cm³/mol. The van der Waals surface area contributed by atoms with Crippen LogP contribution in [0.15, 0.2) is 12.1 Å². The van der Waals surface area contributed by atoms with Crippen LogP contribution >= 0.6 is 11.3 Å². The molecule has 0 atom stereocenters. The van der Waals surface area contributed by atoms with Crippen LogP contribution in [0.4, 0.5) is 0 Å². The summed E-state index contributed by atoms with van der Waals surface area (Å²) in [6, 6.07) is 3.61. The molecule has 1 aromatic rings. The van der Waals surface area contributed by atoms with Crippen LogP contribution in [0.2, 0.25) is 0 Å². The van der Waals surface area contributed by atoms with E-state index in [1.165, 1.54) is 11.3 Å². The Morgan fingerprint density at radius 1 is 1.28 bits per heavy atom. The van der Waals surface area contributed by atoms with Crippen molar-refractivity contribution in [2.24, 2.45) is 0 Å². The van der Waals surface area contributed by atoms with Gasteiger partial charge in [-0.25, -0.2) is 4.79 Å². The van der Waals surface area contributed by atoms with E-state index in [-0.39, 0.29) is 5.91 Å². The number of carbonyl (C=O) groups is 2. The summed E-state index contributed by atoms with van der Waals surface area (Å²) in [7, 11) is 0. The summed E-state index contributed by atoms with van der Waals surface area (Å²) in [6.45, 7) is 1.93. The third-order valence-corrected chi connectivity index (χ3v) is 4.43. The number of carboxylic acid groups (broad SMARTS) is 1. The second kappa shape index (κ2) is 5.10. The summed E-state index contributed by atoms with van der Waals surface area (Å²) in [5.74, 6) is -1.18. The second-order valence-electron chi connectivity index (χ2n) is 4.81. The smallest absolute Gasteiger partial charge is 0.329 e. The first-order chi connectivity index (χ1) is 8.53. The van der Waals surface area contributed by atoms with Gasteiger partial charge in [0, 0.05) is 4.88 Å².